The lowest BCUT2D eigenvalue weighted by Crippen LogP contribution is -2.39. The van der Waals surface area contributed by atoms with Gasteiger partial charge in [0.15, 0.2) is 0 Å². The Morgan fingerprint density at radius 3 is 2.80 bits per heavy atom. The van der Waals surface area contributed by atoms with Gasteiger partial charge in [0.05, 0.1) is 0 Å². The maximum atomic E-state index is 11.0. The summed E-state index contributed by atoms with van der Waals surface area (Å²) in [6.07, 6.45) is 1.53. The molecule has 1 N–H and O–H groups in total. The number of hydrogen-bond acceptors (Lipinski definition) is 3. The average Bonchev–Trinajstić information content (AvgIpc) is 1.82. The lowest BCUT2D eigenvalue weighted by Gasteiger charge is -2.27. The Bertz CT molecular complexity index is 190. The van der Waals surface area contributed by atoms with Crippen LogP contribution < -0.4 is 5.32 Å². The van der Waals surface area contributed by atoms with Crippen LogP contribution in [0.3, 0.4) is 0 Å². The van der Waals surface area contributed by atoms with Gasteiger partial charge in [-0.25, -0.2) is 0 Å². The molecular formula is C6H9N2OS. The number of carbonyl (C=O) groups is 1. The molecule has 1 radical (unpaired) electrons. The van der Waals surface area contributed by atoms with E-state index in [-0.39, 0.29) is 5.91 Å². The summed E-state index contributed by atoms with van der Waals surface area (Å²) in [5.41, 5.74) is 1.40. The van der Waals surface area contributed by atoms with Gasteiger partial charge in [-0.1, -0.05) is 0 Å². The number of thiol groups is 1. The van der Waals surface area contributed by atoms with Gasteiger partial charge in [-0.15, -0.1) is 12.6 Å². The molecule has 0 saturated heterocycles. The fraction of sp³-hybridized carbons (Fsp3) is 0.333. The van der Waals surface area contributed by atoms with E-state index in [0.717, 1.165) is 5.70 Å². The minimum atomic E-state index is -0.0405. The van der Waals surface area contributed by atoms with Gasteiger partial charge in [-0.2, -0.15) is 0 Å². The van der Waals surface area contributed by atoms with Gasteiger partial charge in [0.2, 0.25) is 5.50 Å². The summed E-state index contributed by atoms with van der Waals surface area (Å²) in [4.78, 5) is 12.4. The van der Waals surface area contributed by atoms with Gasteiger partial charge in [0.1, 0.15) is 0 Å². The van der Waals surface area contributed by atoms with Crippen molar-refractivity contribution in [2.24, 2.45) is 0 Å². The zero-order valence-electron chi connectivity index (χ0n) is 5.88. The molecule has 4 heteroatoms. The number of carbonyl (C=O) groups excluding carboxylic acids is 1. The Morgan fingerprint density at radius 1 is 1.70 bits per heavy atom. The highest BCUT2D eigenvalue weighted by Gasteiger charge is 2.20. The molecule has 0 aromatic carbocycles. The molecule has 55 valence electrons. The maximum Gasteiger partial charge on any atom is 0.250 e. The molecule has 1 aliphatic rings. The van der Waals surface area contributed by atoms with Gasteiger partial charge in [-0.05, 0) is 6.92 Å². The lowest BCUT2D eigenvalue weighted by atomic mass is 10.3. The van der Waals surface area contributed by atoms with Crippen molar-refractivity contribution in [1.82, 2.24) is 10.2 Å². The molecule has 0 aromatic heterocycles. The SMILES string of the molecule is CC1=CC(=O)N(C)[C](S)N1. The largest absolute Gasteiger partial charge is 0.353 e. The molecule has 0 fully saturated rings. The highest BCUT2D eigenvalue weighted by atomic mass is 32.1. The van der Waals surface area contributed by atoms with Gasteiger partial charge in [0, 0.05) is 18.8 Å². The van der Waals surface area contributed by atoms with Crippen LogP contribution in [0.2, 0.25) is 0 Å². The van der Waals surface area contributed by atoms with Crippen LogP contribution in [0.25, 0.3) is 0 Å². The molecule has 1 aliphatic heterocycles. The van der Waals surface area contributed by atoms with Crippen LogP contribution in [0, 0.1) is 5.50 Å². The minimum Gasteiger partial charge on any atom is -0.353 e. The first-order valence-corrected chi connectivity index (χ1v) is 3.35. The van der Waals surface area contributed by atoms with Crippen molar-refractivity contribution in [2.45, 2.75) is 6.92 Å². The second-order valence-electron chi connectivity index (χ2n) is 2.17. The Hall–Kier alpha value is -0.640. The van der Waals surface area contributed by atoms with Crippen LogP contribution in [-0.2, 0) is 4.79 Å². The molecule has 0 aromatic rings. The van der Waals surface area contributed by atoms with Crippen molar-refractivity contribution in [3.8, 4) is 0 Å². The summed E-state index contributed by atoms with van der Waals surface area (Å²) in [6, 6.07) is 0. The average molecular weight is 157 g/mol. The quantitative estimate of drug-likeness (QED) is 0.497. The van der Waals surface area contributed by atoms with Crippen molar-refractivity contribution in [1.29, 1.82) is 0 Å². The van der Waals surface area contributed by atoms with E-state index in [9.17, 15) is 4.79 Å². The third-order valence-electron chi connectivity index (χ3n) is 1.30. The van der Waals surface area contributed by atoms with Gasteiger partial charge >= 0.3 is 0 Å². The number of likely N-dealkylation sites (N-methyl/N-ethyl adjacent to an activating group) is 1. The monoisotopic (exact) mass is 157 g/mol. The number of hydrogen-bond donors (Lipinski definition) is 2. The van der Waals surface area contributed by atoms with Crippen LogP contribution in [0.4, 0.5) is 0 Å². The number of amides is 1. The van der Waals surface area contributed by atoms with Crippen LogP contribution in [0.5, 0.6) is 0 Å². The smallest absolute Gasteiger partial charge is 0.250 e. The van der Waals surface area contributed by atoms with Gasteiger partial charge in [-0.3, -0.25) is 4.79 Å². The summed E-state index contributed by atoms with van der Waals surface area (Å²) >= 11 is 4.04. The van der Waals surface area contributed by atoms with Gasteiger partial charge < -0.3 is 10.2 Å². The van der Waals surface area contributed by atoms with Crippen molar-refractivity contribution in [2.75, 3.05) is 7.05 Å². The third-order valence-corrected chi connectivity index (χ3v) is 1.71. The Kier molecular flexibility index (Phi) is 1.89. The summed E-state index contributed by atoms with van der Waals surface area (Å²) in [5, 5.41) is 2.91. The van der Waals surface area contributed by atoms with Crippen molar-refractivity contribution < 1.29 is 4.79 Å². The van der Waals surface area contributed by atoms with E-state index in [0.29, 0.717) is 5.50 Å². The normalized spacial score (nSPS) is 20.5. The highest BCUT2D eigenvalue weighted by Crippen LogP contribution is 2.14. The fourth-order valence-electron chi connectivity index (χ4n) is 0.683. The zero-order chi connectivity index (χ0) is 7.72. The van der Waals surface area contributed by atoms with Crippen molar-refractivity contribution in [3.05, 3.63) is 17.3 Å². The van der Waals surface area contributed by atoms with E-state index >= 15 is 0 Å². The minimum absolute atomic E-state index is 0.0405. The molecule has 3 nitrogen and oxygen atoms in total. The van der Waals surface area contributed by atoms with E-state index in [1.54, 1.807) is 7.05 Å². The first-order valence-electron chi connectivity index (χ1n) is 2.90. The Morgan fingerprint density at radius 2 is 2.30 bits per heavy atom. The first kappa shape index (κ1) is 7.47. The highest BCUT2D eigenvalue weighted by molar-refractivity contribution is 7.83. The second kappa shape index (κ2) is 2.54. The van der Waals surface area contributed by atoms with E-state index in [4.69, 9.17) is 0 Å². The number of nitrogens with one attached hydrogen (secondary N) is 1. The van der Waals surface area contributed by atoms with Crippen LogP contribution in [0.1, 0.15) is 6.92 Å². The molecule has 1 rings (SSSR count). The first-order chi connectivity index (χ1) is 4.61. The van der Waals surface area contributed by atoms with E-state index in [1.165, 1.54) is 11.0 Å². The van der Waals surface area contributed by atoms with Gasteiger partial charge in [0.25, 0.3) is 5.91 Å². The predicted octanol–water partition coefficient (Wildman–Crippen LogP) is 0.329. The molecule has 1 amide bonds. The molecule has 0 saturated carbocycles. The summed E-state index contributed by atoms with van der Waals surface area (Å²) in [6.45, 7) is 1.82. The van der Waals surface area contributed by atoms with Crippen LogP contribution >= 0.6 is 12.6 Å². The topological polar surface area (TPSA) is 32.3 Å². The summed E-state index contributed by atoms with van der Waals surface area (Å²) < 4.78 is 0. The summed E-state index contributed by atoms with van der Waals surface area (Å²) in [5.74, 6) is -0.0405. The number of rotatable bonds is 0. The predicted molar refractivity (Wildman–Crippen MR) is 41.9 cm³/mol. The summed E-state index contributed by atoms with van der Waals surface area (Å²) in [7, 11) is 1.67. The maximum absolute atomic E-state index is 11.0. The molecule has 10 heavy (non-hydrogen) atoms. The standard InChI is InChI=1S/C6H9N2OS/c1-4-3-5(9)8(2)6(10)7-4/h3,7,10H,1-2H3. The van der Waals surface area contributed by atoms with E-state index in [1.807, 2.05) is 6.92 Å². The molecule has 0 unspecified atom stereocenters. The molecule has 1 heterocycles. The number of nitrogens with zero attached hydrogens (tertiary/aromatic N) is 1. The fourth-order valence-corrected chi connectivity index (χ4v) is 0.958. The van der Waals surface area contributed by atoms with E-state index < -0.39 is 0 Å². The molecule has 0 aliphatic carbocycles. The molecule has 0 bridgehead atoms. The van der Waals surface area contributed by atoms with Crippen molar-refractivity contribution >= 4 is 18.5 Å². The molecule has 0 spiro atoms. The lowest BCUT2D eigenvalue weighted by molar-refractivity contribution is -0.124. The Labute approximate surface area is 65.5 Å². The second-order valence-corrected chi connectivity index (χ2v) is 2.60. The third kappa shape index (κ3) is 1.26. The van der Waals surface area contributed by atoms with Crippen molar-refractivity contribution in [3.63, 3.8) is 0 Å². The Balaban J connectivity index is 2.79. The van der Waals surface area contributed by atoms with E-state index in [2.05, 4.69) is 17.9 Å². The zero-order valence-corrected chi connectivity index (χ0v) is 6.77. The molecular weight excluding hydrogens is 148 g/mol. The van der Waals surface area contributed by atoms with Crippen LogP contribution in [-0.4, -0.2) is 17.9 Å². The molecule has 0 atom stereocenters. The van der Waals surface area contributed by atoms with Crippen LogP contribution in [0.15, 0.2) is 11.8 Å². The number of allylic oxidation sites excluding steroid dienone is 1.